The number of carbonyl (C=O) groups excluding carboxylic acids is 1. The molecule has 0 aliphatic carbocycles. The number of amides is 1. The maximum atomic E-state index is 12.0. The standard InChI is InChI=1S/C14H21N3O3S/c1-10(2)17-21(19,20)13-5-3-11(4-6-13)14(18)16-12-7-8-15-9-12/h3-6,10,12,15,17H,7-9H2,1-2H3,(H,16,18). The van der Waals surface area contributed by atoms with Crippen LogP contribution in [0.2, 0.25) is 0 Å². The summed E-state index contributed by atoms with van der Waals surface area (Å²) in [5, 5.41) is 6.09. The lowest BCUT2D eigenvalue weighted by molar-refractivity contribution is 0.0940. The average Bonchev–Trinajstić information content (AvgIpc) is 2.90. The lowest BCUT2D eigenvalue weighted by Gasteiger charge is -2.12. The first kappa shape index (κ1) is 15.9. The van der Waals surface area contributed by atoms with E-state index < -0.39 is 10.0 Å². The fraction of sp³-hybridized carbons (Fsp3) is 0.500. The van der Waals surface area contributed by atoms with Crippen molar-refractivity contribution in [1.29, 1.82) is 0 Å². The third-order valence-electron chi connectivity index (χ3n) is 3.21. The first-order valence-electron chi connectivity index (χ1n) is 7.02. The van der Waals surface area contributed by atoms with Crippen LogP contribution in [0.1, 0.15) is 30.6 Å². The molecule has 21 heavy (non-hydrogen) atoms. The van der Waals surface area contributed by atoms with Crippen molar-refractivity contribution in [3.05, 3.63) is 29.8 Å². The normalized spacial score (nSPS) is 18.9. The Morgan fingerprint density at radius 1 is 1.29 bits per heavy atom. The zero-order chi connectivity index (χ0) is 15.5. The van der Waals surface area contributed by atoms with Crippen molar-refractivity contribution in [2.24, 2.45) is 0 Å². The van der Waals surface area contributed by atoms with Gasteiger partial charge in [-0.3, -0.25) is 4.79 Å². The van der Waals surface area contributed by atoms with Gasteiger partial charge in [-0.15, -0.1) is 0 Å². The van der Waals surface area contributed by atoms with Crippen molar-refractivity contribution in [3.63, 3.8) is 0 Å². The van der Waals surface area contributed by atoms with Crippen molar-refractivity contribution >= 4 is 15.9 Å². The number of nitrogens with one attached hydrogen (secondary N) is 3. The molecular formula is C14H21N3O3S. The van der Waals surface area contributed by atoms with Crippen molar-refractivity contribution in [1.82, 2.24) is 15.4 Å². The van der Waals surface area contributed by atoms with Gasteiger partial charge in [-0.05, 0) is 51.1 Å². The van der Waals surface area contributed by atoms with Gasteiger partial charge in [-0.25, -0.2) is 13.1 Å². The van der Waals surface area contributed by atoms with Crippen LogP contribution >= 0.6 is 0 Å². The Morgan fingerprint density at radius 2 is 1.95 bits per heavy atom. The predicted molar refractivity (Wildman–Crippen MR) is 80.6 cm³/mol. The molecule has 1 saturated heterocycles. The van der Waals surface area contributed by atoms with Crippen LogP contribution in [0.3, 0.4) is 0 Å². The molecule has 1 aromatic rings. The predicted octanol–water partition coefficient (Wildman–Crippen LogP) is 0.465. The SMILES string of the molecule is CC(C)NS(=O)(=O)c1ccc(C(=O)NC2CCNC2)cc1. The Labute approximate surface area is 125 Å². The van der Waals surface area contributed by atoms with E-state index >= 15 is 0 Å². The molecule has 1 amide bonds. The highest BCUT2D eigenvalue weighted by atomic mass is 32.2. The van der Waals surface area contributed by atoms with E-state index in [1.165, 1.54) is 24.3 Å². The molecule has 7 heteroatoms. The van der Waals surface area contributed by atoms with Crippen molar-refractivity contribution in [2.45, 2.75) is 37.2 Å². The third-order valence-corrected chi connectivity index (χ3v) is 4.89. The summed E-state index contributed by atoms with van der Waals surface area (Å²) >= 11 is 0. The van der Waals surface area contributed by atoms with E-state index in [0.717, 1.165) is 19.5 Å². The van der Waals surface area contributed by atoms with Crippen LogP contribution in [-0.4, -0.2) is 39.5 Å². The Bertz CT molecular complexity index is 590. The zero-order valence-electron chi connectivity index (χ0n) is 12.2. The van der Waals surface area contributed by atoms with Gasteiger partial charge in [0.05, 0.1) is 4.90 Å². The molecule has 3 N–H and O–H groups in total. The van der Waals surface area contributed by atoms with Gasteiger partial charge in [-0.1, -0.05) is 0 Å². The maximum absolute atomic E-state index is 12.0. The third kappa shape index (κ3) is 4.26. The second-order valence-corrected chi connectivity index (χ2v) is 7.18. The fourth-order valence-electron chi connectivity index (χ4n) is 2.21. The molecule has 6 nitrogen and oxygen atoms in total. The lowest BCUT2D eigenvalue weighted by atomic mass is 10.2. The van der Waals surface area contributed by atoms with Crippen molar-refractivity contribution in [3.8, 4) is 0 Å². The molecule has 0 spiro atoms. The molecule has 0 radical (unpaired) electrons. The second kappa shape index (κ2) is 6.55. The first-order chi connectivity index (χ1) is 9.88. The molecule has 1 unspecified atom stereocenters. The number of carbonyl (C=O) groups is 1. The Balaban J connectivity index is 2.06. The summed E-state index contributed by atoms with van der Waals surface area (Å²) in [5.41, 5.74) is 0.463. The van der Waals surface area contributed by atoms with Crippen LogP contribution < -0.4 is 15.4 Å². The highest BCUT2D eigenvalue weighted by Gasteiger charge is 2.19. The van der Waals surface area contributed by atoms with Crippen molar-refractivity contribution < 1.29 is 13.2 Å². The molecule has 1 aromatic carbocycles. The summed E-state index contributed by atoms with van der Waals surface area (Å²) in [4.78, 5) is 12.2. The van der Waals surface area contributed by atoms with Crippen LogP contribution in [0.4, 0.5) is 0 Å². The van der Waals surface area contributed by atoms with Gasteiger partial charge in [0.1, 0.15) is 0 Å². The number of hydrogen-bond donors (Lipinski definition) is 3. The van der Waals surface area contributed by atoms with Crippen LogP contribution in [0.5, 0.6) is 0 Å². The van der Waals surface area contributed by atoms with Gasteiger partial charge in [0, 0.05) is 24.2 Å². The molecule has 2 rings (SSSR count). The fourth-order valence-corrected chi connectivity index (χ4v) is 3.46. The van der Waals surface area contributed by atoms with Gasteiger partial charge in [0.2, 0.25) is 10.0 Å². The van der Waals surface area contributed by atoms with Crippen molar-refractivity contribution in [2.75, 3.05) is 13.1 Å². The number of hydrogen-bond acceptors (Lipinski definition) is 4. The summed E-state index contributed by atoms with van der Waals surface area (Å²) in [6, 6.07) is 5.94. The topological polar surface area (TPSA) is 87.3 Å². The first-order valence-corrected chi connectivity index (χ1v) is 8.51. The highest BCUT2D eigenvalue weighted by Crippen LogP contribution is 2.11. The van der Waals surface area contributed by atoms with Gasteiger partial charge in [0.25, 0.3) is 5.91 Å². The van der Waals surface area contributed by atoms with E-state index in [4.69, 9.17) is 0 Å². The van der Waals surface area contributed by atoms with E-state index in [9.17, 15) is 13.2 Å². The molecule has 1 atom stereocenters. The van der Waals surface area contributed by atoms with Crippen LogP contribution in [-0.2, 0) is 10.0 Å². The van der Waals surface area contributed by atoms with Gasteiger partial charge < -0.3 is 10.6 Å². The minimum Gasteiger partial charge on any atom is -0.348 e. The maximum Gasteiger partial charge on any atom is 0.251 e. The highest BCUT2D eigenvalue weighted by molar-refractivity contribution is 7.89. The minimum atomic E-state index is -3.52. The van der Waals surface area contributed by atoms with Gasteiger partial charge in [0.15, 0.2) is 0 Å². The number of benzene rings is 1. The molecule has 1 aliphatic rings. The molecule has 1 aliphatic heterocycles. The molecule has 0 saturated carbocycles. The van der Waals surface area contributed by atoms with Crippen LogP contribution in [0.15, 0.2) is 29.2 Å². The monoisotopic (exact) mass is 311 g/mol. The summed E-state index contributed by atoms with van der Waals surface area (Å²) in [7, 11) is -3.52. The summed E-state index contributed by atoms with van der Waals surface area (Å²) in [6.07, 6.45) is 0.913. The smallest absolute Gasteiger partial charge is 0.251 e. The average molecular weight is 311 g/mol. The largest absolute Gasteiger partial charge is 0.348 e. The molecule has 116 valence electrons. The van der Waals surface area contributed by atoms with E-state index in [0.29, 0.717) is 5.56 Å². The summed E-state index contributed by atoms with van der Waals surface area (Å²) in [5.74, 6) is -0.176. The Kier molecular flexibility index (Phi) is 4.97. The molecule has 0 bridgehead atoms. The Hall–Kier alpha value is -1.44. The van der Waals surface area contributed by atoms with E-state index in [-0.39, 0.29) is 22.9 Å². The van der Waals surface area contributed by atoms with E-state index in [1.807, 2.05) is 0 Å². The molecule has 0 aromatic heterocycles. The molecule has 1 fully saturated rings. The molecular weight excluding hydrogens is 290 g/mol. The molecule has 1 heterocycles. The van der Waals surface area contributed by atoms with E-state index in [1.54, 1.807) is 13.8 Å². The lowest BCUT2D eigenvalue weighted by Crippen LogP contribution is -2.36. The number of rotatable bonds is 5. The number of sulfonamides is 1. The minimum absolute atomic E-state index is 0.142. The quantitative estimate of drug-likeness (QED) is 0.737. The summed E-state index contributed by atoms with van der Waals surface area (Å²) < 4.78 is 26.5. The summed E-state index contributed by atoms with van der Waals surface area (Å²) in [6.45, 7) is 5.20. The zero-order valence-corrected chi connectivity index (χ0v) is 13.0. The van der Waals surface area contributed by atoms with Gasteiger partial charge in [-0.2, -0.15) is 0 Å². The second-order valence-electron chi connectivity index (χ2n) is 5.46. The van der Waals surface area contributed by atoms with Gasteiger partial charge >= 0.3 is 0 Å². The Morgan fingerprint density at radius 3 is 2.48 bits per heavy atom. The van der Waals surface area contributed by atoms with E-state index in [2.05, 4.69) is 15.4 Å². The van der Waals surface area contributed by atoms with Crippen LogP contribution in [0, 0.1) is 0 Å². The van der Waals surface area contributed by atoms with Crippen LogP contribution in [0.25, 0.3) is 0 Å².